The van der Waals surface area contributed by atoms with Crippen LogP contribution >= 0.6 is 11.3 Å². The molecule has 5 heteroatoms. The van der Waals surface area contributed by atoms with Gasteiger partial charge in [-0.25, -0.2) is 0 Å². The van der Waals surface area contributed by atoms with Crippen molar-refractivity contribution in [2.45, 2.75) is 38.0 Å². The molecule has 0 saturated carbocycles. The van der Waals surface area contributed by atoms with E-state index in [1.807, 2.05) is 7.05 Å². The molecule has 3 atom stereocenters. The number of thiophene rings is 1. The summed E-state index contributed by atoms with van der Waals surface area (Å²) in [5.74, 6) is 0. The second-order valence-electron chi connectivity index (χ2n) is 5.46. The molecule has 0 amide bonds. The van der Waals surface area contributed by atoms with Gasteiger partial charge in [0.15, 0.2) is 0 Å². The maximum absolute atomic E-state index is 10.0. The molecule has 1 fully saturated rings. The van der Waals surface area contributed by atoms with Crippen LogP contribution in [-0.4, -0.2) is 55.6 Å². The second kappa shape index (κ2) is 8.10. The zero-order valence-corrected chi connectivity index (χ0v) is 13.1. The monoisotopic (exact) mass is 299 g/mol. The normalized spacial score (nSPS) is 22.3. The highest BCUT2D eigenvalue weighted by Gasteiger charge is 2.18. The van der Waals surface area contributed by atoms with E-state index in [1.165, 1.54) is 4.88 Å². The topological polar surface area (TPSA) is 41.9 Å². The van der Waals surface area contributed by atoms with Crippen molar-refractivity contribution in [3.05, 3.63) is 22.4 Å². The van der Waals surface area contributed by atoms with Crippen molar-refractivity contribution >= 4 is 11.3 Å². The summed E-state index contributed by atoms with van der Waals surface area (Å²) in [7, 11) is 2.04. The molecule has 1 aliphatic rings. The number of aliphatic hydroxyl groups is 1. The summed E-state index contributed by atoms with van der Waals surface area (Å²) in [5.41, 5.74) is 0. The largest absolute Gasteiger partial charge is 0.389 e. The molecule has 1 saturated heterocycles. The van der Waals surface area contributed by atoms with Gasteiger partial charge in [-0.15, -0.1) is 11.3 Å². The van der Waals surface area contributed by atoms with Crippen LogP contribution in [-0.2, 0) is 9.47 Å². The van der Waals surface area contributed by atoms with Gasteiger partial charge in [0.25, 0.3) is 0 Å². The van der Waals surface area contributed by atoms with Crippen LogP contribution in [0.2, 0.25) is 0 Å². The molecule has 1 N–H and O–H groups in total. The lowest BCUT2D eigenvalue weighted by atomic mass is 10.2. The Kier molecular flexibility index (Phi) is 6.45. The molecule has 114 valence electrons. The summed E-state index contributed by atoms with van der Waals surface area (Å²) in [6.07, 6.45) is 1.97. The van der Waals surface area contributed by atoms with E-state index in [9.17, 15) is 5.11 Å². The third-order valence-electron chi connectivity index (χ3n) is 3.75. The van der Waals surface area contributed by atoms with E-state index in [0.717, 1.165) is 19.4 Å². The summed E-state index contributed by atoms with van der Waals surface area (Å²) in [5, 5.41) is 12.1. The smallest absolute Gasteiger partial charge is 0.0900 e. The zero-order chi connectivity index (χ0) is 14.4. The van der Waals surface area contributed by atoms with Gasteiger partial charge in [-0.05, 0) is 38.3 Å². The van der Waals surface area contributed by atoms with E-state index in [4.69, 9.17) is 9.47 Å². The quantitative estimate of drug-likeness (QED) is 0.800. The Bertz CT molecular complexity index is 365. The highest BCUT2D eigenvalue weighted by atomic mass is 32.1. The van der Waals surface area contributed by atoms with Crippen LogP contribution in [0.25, 0.3) is 0 Å². The van der Waals surface area contributed by atoms with Crippen molar-refractivity contribution in [3.63, 3.8) is 0 Å². The number of nitrogens with zero attached hydrogens (tertiary/aromatic N) is 1. The fourth-order valence-corrected chi connectivity index (χ4v) is 3.25. The summed E-state index contributed by atoms with van der Waals surface area (Å²) >= 11 is 1.75. The maximum Gasteiger partial charge on any atom is 0.0900 e. The van der Waals surface area contributed by atoms with Gasteiger partial charge >= 0.3 is 0 Å². The first kappa shape index (κ1) is 15.9. The Balaban J connectivity index is 1.64. The number of rotatable bonds is 8. The lowest BCUT2D eigenvalue weighted by Crippen LogP contribution is -2.34. The van der Waals surface area contributed by atoms with Gasteiger partial charge in [0, 0.05) is 24.1 Å². The van der Waals surface area contributed by atoms with E-state index in [-0.39, 0.29) is 6.10 Å². The van der Waals surface area contributed by atoms with E-state index in [0.29, 0.717) is 25.8 Å². The Morgan fingerprint density at radius 3 is 3.10 bits per heavy atom. The molecular formula is C15H25NO3S. The first-order chi connectivity index (χ1) is 9.66. The molecule has 0 aromatic carbocycles. The summed E-state index contributed by atoms with van der Waals surface area (Å²) in [6, 6.07) is 4.51. The average molecular weight is 299 g/mol. The summed E-state index contributed by atoms with van der Waals surface area (Å²) in [6.45, 7) is 4.59. The molecule has 0 aliphatic carbocycles. The first-order valence-corrected chi connectivity index (χ1v) is 8.16. The highest BCUT2D eigenvalue weighted by molar-refractivity contribution is 7.10. The highest BCUT2D eigenvalue weighted by Crippen LogP contribution is 2.23. The van der Waals surface area contributed by atoms with Crippen molar-refractivity contribution < 1.29 is 14.6 Å². The Hall–Kier alpha value is -0.460. The van der Waals surface area contributed by atoms with Gasteiger partial charge in [0.1, 0.15) is 0 Å². The third-order valence-corrected chi connectivity index (χ3v) is 4.80. The van der Waals surface area contributed by atoms with Crippen molar-refractivity contribution in [1.29, 1.82) is 0 Å². The second-order valence-corrected chi connectivity index (χ2v) is 6.44. The van der Waals surface area contributed by atoms with Crippen LogP contribution in [0.1, 0.15) is 30.7 Å². The van der Waals surface area contributed by atoms with Gasteiger partial charge < -0.3 is 14.6 Å². The Labute approximate surface area is 125 Å². The average Bonchev–Trinajstić information content (AvgIpc) is 3.10. The molecule has 3 unspecified atom stereocenters. The standard InChI is InChI=1S/C15H25NO3S/c1-12(15-6-4-8-20-15)16(2)9-13(17)10-18-11-14-5-3-7-19-14/h4,6,8,12-14,17H,3,5,7,9-11H2,1-2H3. The summed E-state index contributed by atoms with van der Waals surface area (Å²) < 4.78 is 11.0. The molecule has 4 nitrogen and oxygen atoms in total. The zero-order valence-electron chi connectivity index (χ0n) is 12.3. The minimum Gasteiger partial charge on any atom is -0.389 e. The minimum atomic E-state index is -0.455. The third kappa shape index (κ3) is 4.82. The molecular weight excluding hydrogens is 274 g/mol. The lowest BCUT2D eigenvalue weighted by molar-refractivity contribution is -0.0256. The molecule has 0 radical (unpaired) electrons. The SMILES string of the molecule is CC(c1cccs1)N(C)CC(O)COCC1CCCO1. The van der Waals surface area contributed by atoms with Crippen molar-refractivity contribution in [1.82, 2.24) is 4.90 Å². The van der Waals surface area contributed by atoms with Crippen LogP contribution in [0.15, 0.2) is 17.5 Å². The predicted molar refractivity (Wildman–Crippen MR) is 81.2 cm³/mol. The van der Waals surface area contributed by atoms with Gasteiger partial charge in [0.05, 0.1) is 25.4 Å². The first-order valence-electron chi connectivity index (χ1n) is 7.28. The number of aliphatic hydroxyl groups excluding tert-OH is 1. The van der Waals surface area contributed by atoms with Crippen LogP contribution in [0, 0.1) is 0 Å². The number of hydrogen-bond acceptors (Lipinski definition) is 5. The van der Waals surface area contributed by atoms with Gasteiger partial charge in [-0.2, -0.15) is 0 Å². The molecule has 20 heavy (non-hydrogen) atoms. The molecule has 0 bridgehead atoms. The van der Waals surface area contributed by atoms with E-state index in [1.54, 1.807) is 11.3 Å². The predicted octanol–water partition coefficient (Wildman–Crippen LogP) is 2.30. The van der Waals surface area contributed by atoms with Crippen LogP contribution in [0.5, 0.6) is 0 Å². The molecule has 2 rings (SSSR count). The fourth-order valence-electron chi connectivity index (χ4n) is 2.40. The minimum absolute atomic E-state index is 0.227. The molecule has 1 aliphatic heterocycles. The van der Waals surface area contributed by atoms with Crippen LogP contribution < -0.4 is 0 Å². The van der Waals surface area contributed by atoms with Crippen LogP contribution in [0.3, 0.4) is 0 Å². The molecule has 1 aromatic heterocycles. The Morgan fingerprint density at radius 2 is 2.45 bits per heavy atom. The molecule has 2 heterocycles. The van der Waals surface area contributed by atoms with Crippen molar-refractivity contribution in [3.8, 4) is 0 Å². The lowest BCUT2D eigenvalue weighted by Gasteiger charge is -2.26. The Morgan fingerprint density at radius 1 is 1.60 bits per heavy atom. The van der Waals surface area contributed by atoms with Crippen molar-refractivity contribution in [2.24, 2.45) is 0 Å². The van der Waals surface area contributed by atoms with Crippen molar-refractivity contribution in [2.75, 3.05) is 33.4 Å². The maximum atomic E-state index is 10.0. The molecule has 0 spiro atoms. The van der Waals surface area contributed by atoms with Gasteiger partial charge in [-0.3, -0.25) is 4.90 Å². The van der Waals surface area contributed by atoms with E-state index < -0.39 is 6.10 Å². The molecule has 1 aromatic rings. The van der Waals surface area contributed by atoms with E-state index in [2.05, 4.69) is 29.3 Å². The number of likely N-dealkylation sites (N-methyl/N-ethyl adjacent to an activating group) is 1. The van der Waals surface area contributed by atoms with Crippen LogP contribution in [0.4, 0.5) is 0 Å². The number of hydrogen-bond donors (Lipinski definition) is 1. The number of ether oxygens (including phenoxy) is 2. The van der Waals surface area contributed by atoms with Gasteiger partial charge in [-0.1, -0.05) is 6.07 Å². The van der Waals surface area contributed by atoms with Gasteiger partial charge in [0.2, 0.25) is 0 Å². The van der Waals surface area contributed by atoms with E-state index >= 15 is 0 Å². The fraction of sp³-hybridized carbons (Fsp3) is 0.733. The summed E-state index contributed by atoms with van der Waals surface area (Å²) in [4.78, 5) is 3.48.